The lowest BCUT2D eigenvalue weighted by Gasteiger charge is -2.14. The molecular weight excluding hydrogens is 260 g/mol. The number of nitrogens with zero attached hydrogens (tertiary/aromatic N) is 3. The Bertz CT molecular complexity index is 525. The summed E-state index contributed by atoms with van der Waals surface area (Å²) in [6, 6.07) is 0.264. The van der Waals surface area contributed by atoms with Crippen molar-refractivity contribution in [2.24, 2.45) is 0 Å². The van der Waals surface area contributed by atoms with E-state index < -0.39 is 4.92 Å². The van der Waals surface area contributed by atoms with Crippen molar-refractivity contribution in [3.05, 3.63) is 15.9 Å². The van der Waals surface area contributed by atoms with E-state index in [-0.39, 0.29) is 17.6 Å². The number of rotatable bonds is 5. The van der Waals surface area contributed by atoms with Gasteiger partial charge in [0.05, 0.1) is 12.0 Å². The summed E-state index contributed by atoms with van der Waals surface area (Å²) in [5, 5.41) is 14.5. The van der Waals surface area contributed by atoms with Gasteiger partial charge in [0.2, 0.25) is 5.82 Å². The zero-order valence-corrected chi connectivity index (χ0v) is 11.5. The van der Waals surface area contributed by atoms with E-state index >= 15 is 0 Å². The molecule has 1 N–H and O–H groups in total. The van der Waals surface area contributed by atoms with E-state index in [9.17, 15) is 10.1 Å². The van der Waals surface area contributed by atoms with Crippen LogP contribution >= 0.6 is 0 Å². The van der Waals surface area contributed by atoms with Crippen LogP contribution in [0.4, 0.5) is 11.5 Å². The Balaban J connectivity index is 1.98. The third-order valence-corrected chi connectivity index (χ3v) is 3.88. The van der Waals surface area contributed by atoms with Crippen LogP contribution in [0.5, 0.6) is 5.88 Å². The fraction of sp³-hybridized carbons (Fsp3) is 0.692. The van der Waals surface area contributed by atoms with E-state index in [1.807, 2.05) is 0 Å². The molecule has 0 bridgehead atoms. The predicted octanol–water partition coefficient (Wildman–Crippen LogP) is 2.63. The van der Waals surface area contributed by atoms with Gasteiger partial charge in [0.15, 0.2) is 0 Å². The molecule has 0 atom stereocenters. The van der Waals surface area contributed by atoms with Crippen LogP contribution in [0.15, 0.2) is 0 Å². The number of ether oxygens (including phenoxy) is 1. The summed E-state index contributed by atoms with van der Waals surface area (Å²) >= 11 is 0. The lowest BCUT2D eigenvalue weighted by molar-refractivity contribution is -0.385. The Morgan fingerprint density at radius 2 is 1.95 bits per heavy atom. The van der Waals surface area contributed by atoms with Crippen LogP contribution in [0, 0.1) is 10.1 Å². The van der Waals surface area contributed by atoms with E-state index in [1.165, 1.54) is 7.11 Å². The molecule has 1 aromatic rings. The molecule has 3 rings (SSSR count). The number of hydrogen-bond acceptors (Lipinski definition) is 6. The third kappa shape index (κ3) is 2.52. The van der Waals surface area contributed by atoms with Crippen molar-refractivity contribution in [2.75, 3.05) is 12.4 Å². The zero-order chi connectivity index (χ0) is 14.1. The average molecular weight is 278 g/mol. The van der Waals surface area contributed by atoms with Gasteiger partial charge in [-0.1, -0.05) is 12.8 Å². The molecule has 0 aromatic carbocycles. The minimum Gasteiger partial charge on any atom is -0.476 e. The molecule has 0 unspecified atom stereocenters. The minimum absolute atomic E-state index is 0.0624. The summed E-state index contributed by atoms with van der Waals surface area (Å²) in [5.74, 6) is 1.37. The summed E-state index contributed by atoms with van der Waals surface area (Å²) in [6.07, 6.45) is 6.46. The van der Waals surface area contributed by atoms with Gasteiger partial charge in [0.25, 0.3) is 5.88 Å². The molecule has 0 saturated heterocycles. The molecule has 0 amide bonds. The van der Waals surface area contributed by atoms with Gasteiger partial charge in [-0.2, -0.15) is 4.98 Å². The highest BCUT2D eigenvalue weighted by Crippen LogP contribution is 2.42. The summed E-state index contributed by atoms with van der Waals surface area (Å²) < 4.78 is 5.10. The van der Waals surface area contributed by atoms with Gasteiger partial charge >= 0.3 is 5.69 Å². The Labute approximate surface area is 116 Å². The molecule has 108 valence electrons. The lowest BCUT2D eigenvalue weighted by atomic mass is 10.2. The first-order valence-electron chi connectivity index (χ1n) is 7.06. The summed E-state index contributed by atoms with van der Waals surface area (Å²) in [4.78, 5) is 19.4. The number of anilines is 1. The number of nitrogens with one attached hydrogen (secondary N) is 1. The molecule has 1 aromatic heterocycles. The highest BCUT2D eigenvalue weighted by atomic mass is 16.6. The second-order valence-corrected chi connectivity index (χ2v) is 5.45. The molecule has 20 heavy (non-hydrogen) atoms. The van der Waals surface area contributed by atoms with E-state index in [4.69, 9.17) is 4.74 Å². The third-order valence-electron chi connectivity index (χ3n) is 3.88. The van der Waals surface area contributed by atoms with E-state index in [0.29, 0.717) is 17.6 Å². The molecule has 0 radical (unpaired) electrons. The molecule has 7 nitrogen and oxygen atoms in total. The Hall–Kier alpha value is -1.92. The van der Waals surface area contributed by atoms with Gasteiger partial charge in [0, 0.05) is 12.0 Å². The topological polar surface area (TPSA) is 90.2 Å². The summed E-state index contributed by atoms with van der Waals surface area (Å²) in [5.41, 5.74) is -0.149. The first kappa shape index (κ1) is 13.1. The summed E-state index contributed by atoms with van der Waals surface area (Å²) in [7, 11) is 1.41. The summed E-state index contributed by atoms with van der Waals surface area (Å²) in [6.45, 7) is 0. The van der Waals surface area contributed by atoms with Gasteiger partial charge in [-0.3, -0.25) is 10.1 Å². The van der Waals surface area contributed by atoms with Crippen molar-refractivity contribution in [1.82, 2.24) is 9.97 Å². The van der Waals surface area contributed by atoms with Crippen LogP contribution in [-0.4, -0.2) is 28.0 Å². The maximum Gasteiger partial charge on any atom is 0.372 e. The Kier molecular flexibility index (Phi) is 3.42. The highest BCUT2D eigenvalue weighted by Gasteiger charge is 2.33. The van der Waals surface area contributed by atoms with Crippen molar-refractivity contribution < 1.29 is 9.66 Å². The second kappa shape index (κ2) is 5.22. The number of hydrogen-bond donors (Lipinski definition) is 1. The molecule has 1 heterocycles. The second-order valence-electron chi connectivity index (χ2n) is 5.45. The van der Waals surface area contributed by atoms with Gasteiger partial charge < -0.3 is 10.1 Å². The number of aromatic nitrogens is 2. The van der Waals surface area contributed by atoms with Crippen LogP contribution in [0.3, 0.4) is 0 Å². The van der Waals surface area contributed by atoms with Crippen LogP contribution in [0.25, 0.3) is 0 Å². The first-order valence-corrected chi connectivity index (χ1v) is 7.06. The SMILES string of the molecule is COc1nc(C2CC2)nc(NC2CCCC2)c1[N+](=O)[O-]. The molecule has 0 spiro atoms. The quantitative estimate of drug-likeness (QED) is 0.657. The van der Waals surface area contributed by atoms with Crippen molar-refractivity contribution in [3.63, 3.8) is 0 Å². The number of nitro groups is 1. The highest BCUT2D eigenvalue weighted by molar-refractivity contribution is 5.62. The van der Waals surface area contributed by atoms with Gasteiger partial charge in [-0.05, 0) is 25.7 Å². The van der Waals surface area contributed by atoms with Gasteiger partial charge in [-0.15, -0.1) is 0 Å². The smallest absolute Gasteiger partial charge is 0.372 e. The van der Waals surface area contributed by atoms with Crippen molar-refractivity contribution in [2.45, 2.75) is 50.5 Å². The largest absolute Gasteiger partial charge is 0.476 e. The average Bonchev–Trinajstić information content (AvgIpc) is 3.16. The minimum atomic E-state index is -0.465. The first-order chi connectivity index (χ1) is 9.69. The van der Waals surface area contributed by atoms with Crippen molar-refractivity contribution in [3.8, 4) is 5.88 Å². The normalized spacial score (nSPS) is 19.1. The van der Waals surface area contributed by atoms with E-state index in [2.05, 4.69) is 15.3 Å². The molecule has 2 aliphatic rings. The maximum absolute atomic E-state index is 11.3. The maximum atomic E-state index is 11.3. The van der Waals surface area contributed by atoms with E-state index in [1.54, 1.807) is 0 Å². The van der Waals surface area contributed by atoms with Crippen molar-refractivity contribution in [1.29, 1.82) is 0 Å². The van der Waals surface area contributed by atoms with Crippen LogP contribution < -0.4 is 10.1 Å². The molecule has 2 fully saturated rings. The van der Waals surface area contributed by atoms with Crippen LogP contribution in [0.1, 0.15) is 50.3 Å². The predicted molar refractivity (Wildman–Crippen MR) is 73.1 cm³/mol. The van der Waals surface area contributed by atoms with Crippen molar-refractivity contribution >= 4 is 11.5 Å². The standard InChI is InChI=1S/C13H18N4O3/c1-20-13-10(17(18)19)12(14-9-4-2-3-5-9)15-11(16-13)8-6-7-8/h8-9H,2-7H2,1H3,(H,14,15,16). The molecule has 2 aliphatic carbocycles. The Morgan fingerprint density at radius 3 is 2.50 bits per heavy atom. The fourth-order valence-electron chi connectivity index (χ4n) is 2.65. The van der Waals surface area contributed by atoms with Crippen LogP contribution in [0.2, 0.25) is 0 Å². The monoisotopic (exact) mass is 278 g/mol. The zero-order valence-electron chi connectivity index (χ0n) is 11.5. The lowest BCUT2D eigenvalue weighted by Crippen LogP contribution is -2.18. The molecule has 0 aliphatic heterocycles. The van der Waals surface area contributed by atoms with E-state index in [0.717, 1.165) is 38.5 Å². The van der Waals surface area contributed by atoms with Crippen LogP contribution in [-0.2, 0) is 0 Å². The molecular formula is C13H18N4O3. The molecule has 2 saturated carbocycles. The molecule has 7 heteroatoms. The Morgan fingerprint density at radius 1 is 1.25 bits per heavy atom. The van der Waals surface area contributed by atoms with Gasteiger partial charge in [-0.25, -0.2) is 4.98 Å². The fourth-order valence-corrected chi connectivity index (χ4v) is 2.65. The van der Waals surface area contributed by atoms with Gasteiger partial charge in [0.1, 0.15) is 5.82 Å². The number of methoxy groups -OCH3 is 1.